The van der Waals surface area contributed by atoms with Crippen LogP contribution < -0.4 is 5.73 Å². The molecular weight excluding hydrogens is 136 g/mol. The van der Waals surface area contributed by atoms with Gasteiger partial charge in [0.05, 0.1) is 0 Å². The molecule has 0 spiro atoms. The summed E-state index contributed by atoms with van der Waals surface area (Å²) in [5.74, 6) is -0.427. The highest BCUT2D eigenvalue weighted by molar-refractivity contribution is 4.76. The van der Waals surface area contributed by atoms with Crippen molar-refractivity contribution >= 4 is 0 Å². The standard InChI is InChI=1S/C7H13F2N/c8-7(9)5-2-1-3-6(10)4-5/h5-7H,1-4,10H2/t5-,6-/m0/s1. The van der Waals surface area contributed by atoms with E-state index in [1.54, 1.807) is 0 Å². The molecule has 10 heavy (non-hydrogen) atoms. The number of halogens is 2. The molecule has 1 aliphatic rings. The molecule has 1 saturated carbocycles. The third-order valence-corrected chi connectivity index (χ3v) is 2.11. The van der Waals surface area contributed by atoms with Crippen LogP contribution in [-0.2, 0) is 0 Å². The third-order valence-electron chi connectivity index (χ3n) is 2.11. The first-order chi connectivity index (χ1) is 4.70. The lowest BCUT2D eigenvalue weighted by atomic mass is 9.86. The summed E-state index contributed by atoms with van der Waals surface area (Å²) in [6.45, 7) is 0. The van der Waals surface area contributed by atoms with Crippen molar-refractivity contribution in [3.63, 3.8) is 0 Å². The third kappa shape index (κ3) is 1.90. The van der Waals surface area contributed by atoms with Crippen LogP contribution in [0.2, 0.25) is 0 Å². The zero-order chi connectivity index (χ0) is 7.56. The summed E-state index contributed by atoms with van der Waals surface area (Å²) in [7, 11) is 0. The second-order valence-corrected chi connectivity index (χ2v) is 3.02. The molecule has 0 aromatic carbocycles. The fourth-order valence-electron chi connectivity index (χ4n) is 1.50. The number of hydrogen-bond acceptors (Lipinski definition) is 1. The van der Waals surface area contributed by atoms with Crippen LogP contribution in [0.3, 0.4) is 0 Å². The van der Waals surface area contributed by atoms with Gasteiger partial charge in [0.15, 0.2) is 0 Å². The molecule has 0 saturated heterocycles. The Balaban J connectivity index is 2.32. The quantitative estimate of drug-likeness (QED) is 0.604. The van der Waals surface area contributed by atoms with Crippen LogP contribution in [0.25, 0.3) is 0 Å². The molecule has 1 nitrogen and oxygen atoms in total. The van der Waals surface area contributed by atoms with E-state index < -0.39 is 12.3 Å². The van der Waals surface area contributed by atoms with Crippen molar-refractivity contribution in [2.24, 2.45) is 11.7 Å². The van der Waals surface area contributed by atoms with E-state index in [0.717, 1.165) is 12.8 Å². The van der Waals surface area contributed by atoms with E-state index >= 15 is 0 Å². The van der Waals surface area contributed by atoms with Crippen molar-refractivity contribution in [1.82, 2.24) is 0 Å². The van der Waals surface area contributed by atoms with E-state index in [0.29, 0.717) is 12.8 Å². The van der Waals surface area contributed by atoms with E-state index in [9.17, 15) is 8.78 Å². The minimum Gasteiger partial charge on any atom is -0.328 e. The lowest BCUT2D eigenvalue weighted by Crippen LogP contribution is -2.30. The number of hydrogen-bond donors (Lipinski definition) is 1. The van der Waals surface area contributed by atoms with E-state index in [1.165, 1.54) is 0 Å². The largest absolute Gasteiger partial charge is 0.328 e. The summed E-state index contributed by atoms with van der Waals surface area (Å²) in [5, 5.41) is 0. The smallest absolute Gasteiger partial charge is 0.241 e. The van der Waals surface area contributed by atoms with Gasteiger partial charge in [-0.25, -0.2) is 8.78 Å². The molecule has 2 N–H and O–H groups in total. The predicted octanol–water partition coefficient (Wildman–Crippen LogP) is 1.77. The second-order valence-electron chi connectivity index (χ2n) is 3.02. The first kappa shape index (κ1) is 7.92. The Labute approximate surface area is 59.6 Å². The van der Waals surface area contributed by atoms with Crippen LogP contribution in [0.15, 0.2) is 0 Å². The van der Waals surface area contributed by atoms with E-state index in [1.807, 2.05) is 0 Å². The maximum atomic E-state index is 12.0. The molecule has 1 aliphatic carbocycles. The Morgan fingerprint density at radius 1 is 1.30 bits per heavy atom. The van der Waals surface area contributed by atoms with Gasteiger partial charge in [0.2, 0.25) is 6.43 Å². The summed E-state index contributed by atoms with van der Waals surface area (Å²) in [4.78, 5) is 0. The van der Waals surface area contributed by atoms with Gasteiger partial charge in [-0.3, -0.25) is 0 Å². The van der Waals surface area contributed by atoms with E-state index in [2.05, 4.69) is 0 Å². The summed E-state index contributed by atoms with van der Waals surface area (Å²) >= 11 is 0. The van der Waals surface area contributed by atoms with Crippen LogP contribution in [-0.4, -0.2) is 12.5 Å². The van der Waals surface area contributed by atoms with Crippen LogP contribution in [0.5, 0.6) is 0 Å². The fraction of sp³-hybridized carbons (Fsp3) is 1.00. The average Bonchev–Trinajstić information content (AvgIpc) is 1.88. The van der Waals surface area contributed by atoms with Crippen molar-refractivity contribution in [1.29, 1.82) is 0 Å². The molecule has 0 unspecified atom stereocenters. The van der Waals surface area contributed by atoms with Crippen LogP contribution >= 0.6 is 0 Å². The molecule has 0 heterocycles. The molecule has 1 fully saturated rings. The highest BCUT2D eigenvalue weighted by atomic mass is 19.3. The number of nitrogens with two attached hydrogens (primary N) is 1. The molecule has 0 amide bonds. The monoisotopic (exact) mass is 149 g/mol. The Morgan fingerprint density at radius 2 is 2.00 bits per heavy atom. The Kier molecular flexibility index (Phi) is 2.60. The van der Waals surface area contributed by atoms with Gasteiger partial charge in [-0.05, 0) is 19.3 Å². The normalized spacial score (nSPS) is 34.8. The molecule has 2 atom stereocenters. The lowest BCUT2D eigenvalue weighted by molar-refractivity contribution is 0.0517. The van der Waals surface area contributed by atoms with Gasteiger partial charge < -0.3 is 5.73 Å². The van der Waals surface area contributed by atoms with Crippen molar-refractivity contribution in [2.45, 2.75) is 38.2 Å². The van der Waals surface area contributed by atoms with Gasteiger partial charge in [-0.1, -0.05) is 6.42 Å². The van der Waals surface area contributed by atoms with Gasteiger partial charge in [0, 0.05) is 12.0 Å². The summed E-state index contributed by atoms with van der Waals surface area (Å²) in [6, 6.07) is 0.0211. The van der Waals surface area contributed by atoms with Crippen LogP contribution in [0, 0.1) is 5.92 Å². The first-order valence-corrected chi connectivity index (χ1v) is 3.74. The number of rotatable bonds is 1. The Morgan fingerprint density at radius 3 is 2.40 bits per heavy atom. The maximum absolute atomic E-state index is 12.0. The number of alkyl halides is 2. The van der Waals surface area contributed by atoms with E-state index in [-0.39, 0.29) is 6.04 Å². The molecule has 60 valence electrons. The zero-order valence-corrected chi connectivity index (χ0v) is 5.89. The summed E-state index contributed by atoms with van der Waals surface area (Å²) in [5.41, 5.74) is 5.53. The second kappa shape index (κ2) is 3.28. The zero-order valence-electron chi connectivity index (χ0n) is 5.89. The van der Waals surface area contributed by atoms with Crippen molar-refractivity contribution in [3.05, 3.63) is 0 Å². The van der Waals surface area contributed by atoms with Gasteiger partial charge in [0.25, 0.3) is 0 Å². The van der Waals surface area contributed by atoms with E-state index in [4.69, 9.17) is 5.73 Å². The van der Waals surface area contributed by atoms with Gasteiger partial charge in [-0.15, -0.1) is 0 Å². The molecule has 1 rings (SSSR count). The SMILES string of the molecule is N[C@H]1CCC[C@H](C(F)F)C1. The highest BCUT2D eigenvalue weighted by Gasteiger charge is 2.26. The van der Waals surface area contributed by atoms with Crippen molar-refractivity contribution in [2.75, 3.05) is 0 Å². The predicted molar refractivity (Wildman–Crippen MR) is 35.9 cm³/mol. The topological polar surface area (TPSA) is 26.0 Å². The minimum atomic E-state index is -2.16. The Bertz CT molecular complexity index is 106. The summed E-state index contributed by atoms with van der Waals surface area (Å²) in [6.07, 6.45) is 0.800. The molecule has 3 heteroatoms. The Hall–Kier alpha value is -0.180. The molecule has 0 radical (unpaired) electrons. The van der Waals surface area contributed by atoms with Gasteiger partial charge in [-0.2, -0.15) is 0 Å². The molecule has 0 bridgehead atoms. The van der Waals surface area contributed by atoms with Crippen LogP contribution in [0.1, 0.15) is 25.7 Å². The average molecular weight is 149 g/mol. The highest BCUT2D eigenvalue weighted by Crippen LogP contribution is 2.27. The fourth-order valence-corrected chi connectivity index (χ4v) is 1.50. The minimum absolute atomic E-state index is 0.0211. The molecule has 0 aliphatic heterocycles. The van der Waals surface area contributed by atoms with Gasteiger partial charge >= 0.3 is 0 Å². The first-order valence-electron chi connectivity index (χ1n) is 3.74. The lowest BCUT2D eigenvalue weighted by Gasteiger charge is -2.25. The summed E-state index contributed by atoms with van der Waals surface area (Å²) < 4.78 is 24.1. The molecule has 0 aromatic heterocycles. The van der Waals surface area contributed by atoms with Gasteiger partial charge in [0.1, 0.15) is 0 Å². The maximum Gasteiger partial charge on any atom is 0.241 e. The van der Waals surface area contributed by atoms with Crippen molar-refractivity contribution in [3.8, 4) is 0 Å². The molecular formula is C7H13F2N. The van der Waals surface area contributed by atoms with Crippen LogP contribution in [0.4, 0.5) is 8.78 Å². The molecule has 0 aromatic rings. The van der Waals surface area contributed by atoms with Crippen molar-refractivity contribution < 1.29 is 8.78 Å².